The molecule has 5 rings (SSSR count). The molecule has 2 aromatic carbocycles. The Hall–Kier alpha value is -3.53. The Morgan fingerprint density at radius 3 is 2.51 bits per heavy atom. The summed E-state index contributed by atoms with van der Waals surface area (Å²) in [6, 6.07) is 14.6. The first kappa shape index (κ1) is 27.1. The Kier molecular flexibility index (Phi) is 7.83. The fraction of sp³-hybridized carbons (Fsp3) is 0.333. The lowest BCUT2D eigenvalue weighted by atomic mass is 9.95. The van der Waals surface area contributed by atoms with Gasteiger partial charge in [0.2, 0.25) is 0 Å². The fourth-order valence-electron chi connectivity index (χ4n) is 4.97. The minimum Gasteiger partial charge on any atom is -0.378 e. The van der Waals surface area contributed by atoms with Gasteiger partial charge >= 0.3 is 6.18 Å². The number of hydrogen-bond acceptors (Lipinski definition) is 5. The van der Waals surface area contributed by atoms with Crippen LogP contribution in [0.15, 0.2) is 66.9 Å². The van der Waals surface area contributed by atoms with Crippen LogP contribution in [0.5, 0.6) is 0 Å². The molecule has 3 heterocycles. The Morgan fingerprint density at radius 1 is 1.13 bits per heavy atom. The number of carbonyl (C=O) groups excluding carboxylic acids is 1. The molecule has 6 nitrogen and oxygen atoms in total. The van der Waals surface area contributed by atoms with E-state index in [9.17, 15) is 18.0 Å². The van der Waals surface area contributed by atoms with Gasteiger partial charge in [0.1, 0.15) is 5.69 Å². The maximum absolute atomic E-state index is 13.3. The van der Waals surface area contributed by atoms with Crippen LogP contribution in [-0.2, 0) is 17.5 Å². The van der Waals surface area contributed by atoms with Gasteiger partial charge < -0.3 is 15.8 Å². The molecule has 0 radical (unpaired) electrons. The van der Waals surface area contributed by atoms with E-state index < -0.39 is 11.7 Å². The second-order valence-corrected chi connectivity index (χ2v) is 9.99. The van der Waals surface area contributed by atoms with Crippen molar-refractivity contribution >= 4 is 11.5 Å². The summed E-state index contributed by atoms with van der Waals surface area (Å²) < 4.78 is 45.1. The number of benzene rings is 2. The molecule has 0 bridgehead atoms. The van der Waals surface area contributed by atoms with E-state index in [0.29, 0.717) is 28.4 Å². The highest BCUT2D eigenvalue weighted by molar-refractivity contribution is 5.93. The van der Waals surface area contributed by atoms with Crippen molar-refractivity contribution < 1.29 is 22.7 Å². The molecule has 3 aromatic rings. The van der Waals surface area contributed by atoms with E-state index in [1.54, 1.807) is 30.5 Å². The molecule has 0 spiro atoms. The van der Waals surface area contributed by atoms with Gasteiger partial charge in [0.25, 0.3) is 5.91 Å². The van der Waals surface area contributed by atoms with Crippen LogP contribution < -0.4 is 11.1 Å². The zero-order valence-electron chi connectivity index (χ0n) is 21.7. The summed E-state index contributed by atoms with van der Waals surface area (Å²) in [7, 11) is 0. The van der Waals surface area contributed by atoms with E-state index in [2.05, 4.69) is 21.3 Å². The standard InChI is InChI=1S/C30H31F3N4O2/c1-19(20-2-4-22(5-3-20)27-15-25(30(31,32)33)7-6-24(27)16-34)36-29(38)28-14-23(8-11-35-28)21-9-12-37(13-10-21)26-17-39-18-26/h2-9,11,14-15,19,26H,10,12-13,16-18,34H2,1H3,(H,36,38)/t19-/m1/s1. The van der Waals surface area contributed by atoms with Crippen molar-refractivity contribution in [3.8, 4) is 11.1 Å². The zero-order valence-corrected chi connectivity index (χ0v) is 21.7. The molecule has 0 unspecified atom stereocenters. The number of aromatic nitrogens is 1. The van der Waals surface area contributed by atoms with E-state index in [-0.39, 0.29) is 18.5 Å². The molecule has 1 atom stereocenters. The number of amides is 1. The SMILES string of the molecule is C[C@@H](NC(=O)c1cc(C2=CCN(C3COC3)CC2)ccn1)c1ccc(-c2cc(C(F)(F)F)ccc2CN)cc1. The largest absolute Gasteiger partial charge is 0.416 e. The number of nitrogens with one attached hydrogen (secondary N) is 1. The van der Waals surface area contributed by atoms with Gasteiger partial charge in [0.05, 0.1) is 30.9 Å². The molecule has 0 aliphatic carbocycles. The van der Waals surface area contributed by atoms with Crippen LogP contribution in [0.1, 0.15) is 52.1 Å². The molecular formula is C30H31F3N4O2. The molecule has 1 saturated heterocycles. The third-order valence-corrected chi connectivity index (χ3v) is 7.47. The van der Waals surface area contributed by atoms with E-state index in [0.717, 1.165) is 56.0 Å². The highest BCUT2D eigenvalue weighted by Gasteiger charge is 2.31. The Balaban J connectivity index is 1.26. The van der Waals surface area contributed by atoms with Crippen molar-refractivity contribution in [3.05, 3.63) is 94.8 Å². The molecule has 204 valence electrons. The molecule has 9 heteroatoms. The molecule has 2 aliphatic heterocycles. The average Bonchev–Trinajstić information content (AvgIpc) is 2.92. The Morgan fingerprint density at radius 2 is 1.90 bits per heavy atom. The number of hydrogen-bond donors (Lipinski definition) is 2. The van der Waals surface area contributed by atoms with E-state index in [4.69, 9.17) is 10.5 Å². The van der Waals surface area contributed by atoms with Crippen LogP contribution in [0.25, 0.3) is 16.7 Å². The summed E-state index contributed by atoms with van der Waals surface area (Å²) in [4.78, 5) is 19.7. The summed E-state index contributed by atoms with van der Waals surface area (Å²) in [5.41, 5.74) is 10.1. The average molecular weight is 537 g/mol. The van der Waals surface area contributed by atoms with E-state index in [1.165, 1.54) is 11.6 Å². The van der Waals surface area contributed by atoms with Crippen molar-refractivity contribution in [2.75, 3.05) is 26.3 Å². The molecule has 2 aliphatic rings. The van der Waals surface area contributed by atoms with Crippen molar-refractivity contribution in [1.29, 1.82) is 0 Å². The number of rotatable bonds is 7. The van der Waals surface area contributed by atoms with Crippen LogP contribution in [0.2, 0.25) is 0 Å². The van der Waals surface area contributed by atoms with Gasteiger partial charge in [0, 0.05) is 25.8 Å². The van der Waals surface area contributed by atoms with Crippen molar-refractivity contribution in [2.24, 2.45) is 5.73 Å². The topological polar surface area (TPSA) is 80.5 Å². The Bertz CT molecular complexity index is 1370. The van der Waals surface area contributed by atoms with Crippen LogP contribution in [-0.4, -0.2) is 48.1 Å². The van der Waals surface area contributed by atoms with Crippen LogP contribution in [0.3, 0.4) is 0 Å². The smallest absolute Gasteiger partial charge is 0.378 e. The predicted molar refractivity (Wildman–Crippen MR) is 144 cm³/mol. The van der Waals surface area contributed by atoms with Gasteiger partial charge in [-0.25, -0.2) is 0 Å². The first-order valence-electron chi connectivity index (χ1n) is 13.0. The number of carbonyl (C=O) groups is 1. The fourth-order valence-corrected chi connectivity index (χ4v) is 4.97. The number of ether oxygens (including phenoxy) is 1. The number of halogens is 3. The third kappa shape index (κ3) is 6.06. The van der Waals surface area contributed by atoms with Crippen LogP contribution in [0.4, 0.5) is 13.2 Å². The normalized spacial score (nSPS) is 17.3. The zero-order chi connectivity index (χ0) is 27.6. The summed E-state index contributed by atoms with van der Waals surface area (Å²) in [5.74, 6) is -0.290. The molecule has 39 heavy (non-hydrogen) atoms. The Labute approximate surface area is 225 Å². The maximum Gasteiger partial charge on any atom is 0.416 e. The first-order chi connectivity index (χ1) is 18.7. The molecule has 1 amide bonds. The first-order valence-corrected chi connectivity index (χ1v) is 13.0. The minimum absolute atomic E-state index is 0.123. The van der Waals surface area contributed by atoms with Crippen LogP contribution in [0, 0.1) is 0 Å². The van der Waals surface area contributed by atoms with Gasteiger partial charge in [-0.05, 0) is 71.0 Å². The summed E-state index contributed by atoms with van der Waals surface area (Å²) in [5, 5.41) is 2.98. The monoisotopic (exact) mass is 536 g/mol. The summed E-state index contributed by atoms with van der Waals surface area (Å²) in [6.07, 6.45) is 0.331. The van der Waals surface area contributed by atoms with Crippen LogP contribution >= 0.6 is 0 Å². The summed E-state index contributed by atoms with van der Waals surface area (Å²) in [6.45, 7) is 5.40. The molecule has 0 saturated carbocycles. The van der Waals surface area contributed by atoms with E-state index in [1.807, 2.05) is 19.1 Å². The van der Waals surface area contributed by atoms with Crippen molar-refractivity contribution in [2.45, 2.75) is 38.1 Å². The van der Waals surface area contributed by atoms with Gasteiger partial charge in [-0.15, -0.1) is 0 Å². The minimum atomic E-state index is -4.44. The van der Waals surface area contributed by atoms with Gasteiger partial charge in [-0.2, -0.15) is 13.2 Å². The highest BCUT2D eigenvalue weighted by Crippen LogP contribution is 2.34. The maximum atomic E-state index is 13.3. The van der Waals surface area contributed by atoms with Gasteiger partial charge in [-0.1, -0.05) is 36.4 Å². The molecule has 3 N–H and O–H groups in total. The number of alkyl halides is 3. The third-order valence-electron chi connectivity index (χ3n) is 7.47. The van der Waals surface area contributed by atoms with Gasteiger partial charge in [-0.3, -0.25) is 14.7 Å². The lowest BCUT2D eigenvalue weighted by Crippen LogP contribution is -2.50. The van der Waals surface area contributed by atoms with Crippen molar-refractivity contribution in [1.82, 2.24) is 15.2 Å². The lowest BCUT2D eigenvalue weighted by Gasteiger charge is -2.38. The predicted octanol–water partition coefficient (Wildman–Crippen LogP) is 5.21. The quantitative estimate of drug-likeness (QED) is 0.434. The lowest BCUT2D eigenvalue weighted by molar-refractivity contribution is -0.137. The second-order valence-electron chi connectivity index (χ2n) is 9.99. The molecule has 1 aromatic heterocycles. The summed E-state index contributed by atoms with van der Waals surface area (Å²) >= 11 is 0. The second kappa shape index (κ2) is 11.3. The molecule has 1 fully saturated rings. The number of pyridine rings is 1. The van der Waals surface area contributed by atoms with Crippen molar-refractivity contribution in [3.63, 3.8) is 0 Å². The number of nitrogens with two attached hydrogens (primary N) is 1. The highest BCUT2D eigenvalue weighted by atomic mass is 19.4. The molecular weight excluding hydrogens is 505 g/mol. The van der Waals surface area contributed by atoms with E-state index >= 15 is 0 Å². The number of nitrogens with zero attached hydrogens (tertiary/aromatic N) is 2. The van der Waals surface area contributed by atoms with Gasteiger partial charge in [0.15, 0.2) is 0 Å².